The van der Waals surface area contributed by atoms with Crippen molar-refractivity contribution < 1.29 is 19.2 Å². The number of esters is 1. The number of aryl methyl sites for hydroxylation is 1. The molecule has 0 bridgehead atoms. The minimum absolute atomic E-state index is 0.103. The molecule has 0 aliphatic carbocycles. The summed E-state index contributed by atoms with van der Waals surface area (Å²) in [4.78, 5) is 37.8. The molecule has 0 aliphatic heterocycles. The summed E-state index contributed by atoms with van der Waals surface area (Å²) in [6.07, 6.45) is 0. The molecule has 0 radical (unpaired) electrons. The number of carbonyl (C=O) groups excluding carboxylic acids is 2. The number of aromatic amines is 1. The van der Waals surface area contributed by atoms with Crippen molar-refractivity contribution >= 4 is 34.2 Å². The van der Waals surface area contributed by atoms with Gasteiger partial charge in [0.1, 0.15) is 11.4 Å². The maximum absolute atomic E-state index is 12.1. The largest absolute Gasteiger partial charge is 0.451 e. The highest BCUT2D eigenvalue weighted by Crippen LogP contribution is 2.30. The Kier molecular flexibility index (Phi) is 4.89. The van der Waals surface area contributed by atoms with Crippen LogP contribution in [-0.4, -0.2) is 28.4 Å². The van der Waals surface area contributed by atoms with Crippen LogP contribution >= 0.6 is 0 Å². The second-order valence-electron chi connectivity index (χ2n) is 6.05. The smallest absolute Gasteiger partial charge is 0.355 e. The summed E-state index contributed by atoms with van der Waals surface area (Å²) >= 11 is 0. The van der Waals surface area contributed by atoms with Gasteiger partial charge in [0.05, 0.1) is 4.92 Å². The zero-order chi connectivity index (χ0) is 19.6. The SMILES string of the molecule is Cc1ccc([N+](=O)[O-])c(NC(=O)COC(=O)c2cc3ccccc3[nH]2)c1C. The second-order valence-corrected chi connectivity index (χ2v) is 6.05. The normalized spacial score (nSPS) is 10.6. The second kappa shape index (κ2) is 7.28. The summed E-state index contributed by atoms with van der Waals surface area (Å²) in [7, 11) is 0. The number of fused-ring (bicyclic) bond motifs is 1. The number of anilines is 1. The maximum Gasteiger partial charge on any atom is 0.355 e. The molecule has 0 fully saturated rings. The molecule has 0 saturated carbocycles. The Morgan fingerprint density at radius 1 is 1.19 bits per heavy atom. The number of aromatic nitrogens is 1. The molecule has 1 aromatic heterocycles. The van der Waals surface area contributed by atoms with Crippen molar-refractivity contribution in [1.82, 2.24) is 4.98 Å². The van der Waals surface area contributed by atoms with Crippen molar-refractivity contribution in [2.24, 2.45) is 0 Å². The Bertz CT molecular complexity index is 1020. The fourth-order valence-corrected chi connectivity index (χ4v) is 2.68. The number of para-hydroxylation sites is 1. The third-order valence-corrected chi connectivity index (χ3v) is 4.26. The van der Waals surface area contributed by atoms with Crippen LogP contribution in [0.15, 0.2) is 42.5 Å². The number of nitrogens with zero attached hydrogens (tertiary/aromatic N) is 1. The predicted octanol–water partition coefficient (Wildman–Crippen LogP) is 3.49. The predicted molar refractivity (Wildman–Crippen MR) is 99.8 cm³/mol. The lowest BCUT2D eigenvalue weighted by molar-refractivity contribution is -0.384. The van der Waals surface area contributed by atoms with Gasteiger partial charge in [0.15, 0.2) is 6.61 Å². The molecule has 1 amide bonds. The molecule has 27 heavy (non-hydrogen) atoms. The maximum atomic E-state index is 12.1. The molecule has 0 saturated heterocycles. The minimum Gasteiger partial charge on any atom is -0.451 e. The van der Waals surface area contributed by atoms with Crippen LogP contribution in [0.5, 0.6) is 0 Å². The van der Waals surface area contributed by atoms with Crippen LogP contribution in [0, 0.1) is 24.0 Å². The minimum atomic E-state index is -0.684. The van der Waals surface area contributed by atoms with Gasteiger partial charge < -0.3 is 15.0 Å². The quantitative estimate of drug-likeness (QED) is 0.407. The van der Waals surface area contributed by atoms with Gasteiger partial charge >= 0.3 is 5.97 Å². The highest BCUT2D eigenvalue weighted by molar-refractivity contribution is 5.98. The van der Waals surface area contributed by atoms with E-state index in [0.29, 0.717) is 5.56 Å². The number of nitrogens with one attached hydrogen (secondary N) is 2. The molecular formula is C19H17N3O5. The zero-order valence-corrected chi connectivity index (χ0v) is 14.7. The molecule has 0 unspecified atom stereocenters. The van der Waals surface area contributed by atoms with Crippen molar-refractivity contribution in [3.05, 3.63) is 69.4 Å². The molecule has 3 aromatic rings. The molecule has 0 aliphatic rings. The van der Waals surface area contributed by atoms with Gasteiger partial charge in [-0.25, -0.2) is 4.79 Å². The standard InChI is InChI=1S/C19H17N3O5/c1-11-7-8-16(22(25)26)18(12(11)2)21-17(23)10-27-19(24)15-9-13-5-3-4-6-14(13)20-15/h3-9,20H,10H2,1-2H3,(H,21,23). The van der Waals surface area contributed by atoms with E-state index >= 15 is 0 Å². The number of hydrogen-bond donors (Lipinski definition) is 2. The summed E-state index contributed by atoms with van der Waals surface area (Å²) in [5, 5.41) is 14.5. The number of H-pyrrole nitrogens is 1. The average molecular weight is 367 g/mol. The highest BCUT2D eigenvalue weighted by Gasteiger charge is 2.20. The summed E-state index contributed by atoms with van der Waals surface area (Å²) in [5.41, 5.74) is 2.27. The summed E-state index contributed by atoms with van der Waals surface area (Å²) in [6.45, 7) is 2.90. The van der Waals surface area contributed by atoms with Gasteiger partial charge in [0, 0.05) is 17.0 Å². The average Bonchev–Trinajstić information content (AvgIpc) is 3.07. The van der Waals surface area contributed by atoms with Crippen molar-refractivity contribution in [3.8, 4) is 0 Å². The van der Waals surface area contributed by atoms with Gasteiger partial charge in [-0.05, 0) is 37.1 Å². The van der Waals surface area contributed by atoms with Crippen molar-refractivity contribution in [3.63, 3.8) is 0 Å². The van der Waals surface area contributed by atoms with Crippen LogP contribution in [0.1, 0.15) is 21.6 Å². The Hall–Kier alpha value is -3.68. The van der Waals surface area contributed by atoms with Crippen LogP contribution in [0.25, 0.3) is 10.9 Å². The van der Waals surface area contributed by atoms with Gasteiger partial charge in [-0.3, -0.25) is 14.9 Å². The first-order chi connectivity index (χ1) is 12.9. The lowest BCUT2D eigenvalue weighted by Crippen LogP contribution is -2.22. The fraction of sp³-hybridized carbons (Fsp3) is 0.158. The number of amides is 1. The van der Waals surface area contributed by atoms with E-state index in [2.05, 4.69) is 10.3 Å². The molecule has 1 heterocycles. The lowest BCUT2D eigenvalue weighted by atomic mass is 10.1. The number of nitro groups is 1. The Morgan fingerprint density at radius 2 is 1.93 bits per heavy atom. The fourth-order valence-electron chi connectivity index (χ4n) is 2.68. The summed E-state index contributed by atoms with van der Waals surface area (Å²) in [5.74, 6) is -1.34. The Balaban J connectivity index is 1.69. The first-order valence-corrected chi connectivity index (χ1v) is 8.16. The van der Waals surface area contributed by atoms with Gasteiger partial charge in [-0.1, -0.05) is 24.3 Å². The molecule has 8 heteroatoms. The van der Waals surface area contributed by atoms with Crippen molar-refractivity contribution in [2.45, 2.75) is 13.8 Å². The van der Waals surface area contributed by atoms with Crippen LogP contribution in [0.3, 0.4) is 0 Å². The van der Waals surface area contributed by atoms with E-state index in [0.717, 1.165) is 16.5 Å². The monoisotopic (exact) mass is 367 g/mol. The number of rotatable bonds is 5. The van der Waals surface area contributed by atoms with Gasteiger partial charge in [0.25, 0.3) is 11.6 Å². The molecule has 0 atom stereocenters. The van der Waals surface area contributed by atoms with Crippen LogP contribution < -0.4 is 5.32 Å². The number of carbonyl (C=O) groups is 2. The van der Waals surface area contributed by atoms with E-state index in [-0.39, 0.29) is 17.1 Å². The number of ether oxygens (including phenoxy) is 1. The van der Waals surface area contributed by atoms with Crippen molar-refractivity contribution in [1.29, 1.82) is 0 Å². The third-order valence-electron chi connectivity index (χ3n) is 4.26. The van der Waals surface area contributed by atoms with Crippen LogP contribution in [0.4, 0.5) is 11.4 Å². The molecule has 0 spiro atoms. The molecule has 2 N–H and O–H groups in total. The van der Waals surface area contributed by atoms with E-state index in [1.807, 2.05) is 24.3 Å². The summed E-state index contributed by atoms with van der Waals surface area (Å²) in [6, 6.07) is 11.9. The van der Waals surface area contributed by atoms with E-state index < -0.39 is 23.4 Å². The third kappa shape index (κ3) is 3.79. The van der Waals surface area contributed by atoms with Crippen molar-refractivity contribution in [2.75, 3.05) is 11.9 Å². The van der Waals surface area contributed by atoms with Gasteiger partial charge in [0.2, 0.25) is 0 Å². The van der Waals surface area contributed by atoms with Gasteiger partial charge in [-0.15, -0.1) is 0 Å². The Morgan fingerprint density at radius 3 is 2.63 bits per heavy atom. The number of benzene rings is 2. The van der Waals surface area contributed by atoms with Crippen LogP contribution in [0.2, 0.25) is 0 Å². The van der Waals surface area contributed by atoms with E-state index in [1.54, 1.807) is 26.0 Å². The topological polar surface area (TPSA) is 114 Å². The number of hydrogen-bond acceptors (Lipinski definition) is 5. The Labute approximate surface area is 154 Å². The molecule has 2 aromatic carbocycles. The zero-order valence-electron chi connectivity index (χ0n) is 14.7. The molecule has 138 valence electrons. The van der Waals surface area contributed by atoms with Gasteiger partial charge in [-0.2, -0.15) is 0 Å². The molecular weight excluding hydrogens is 350 g/mol. The number of nitro benzene ring substituents is 1. The molecule has 3 rings (SSSR count). The highest BCUT2D eigenvalue weighted by atomic mass is 16.6. The first kappa shape index (κ1) is 18.1. The summed E-state index contributed by atoms with van der Waals surface area (Å²) < 4.78 is 5.01. The van der Waals surface area contributed by atoms with Crippen LogP contribution in [-0.2, 0) is 9.53 Å². The first-order valence-electron chi connectivity index (χ1n) is 8.16. The van der Waals surface area contributed by atoms with E-state index in [9.17, 15) is 19.7 Å². The van der Waals surface area contributed by atoms with E-state index in [4.69, 9.17) is 4.74 Å². The molecule has 8 nitrogen and oxygen atoms in total. The van der Waals surface area contributed by atoms with E-state index in [1.165, 1.54) is 6.07 Å². The lowest BCUT2D eigenvalue weighted by Gasteiger charge is -2.11.